The van der Waals surface area contributed by atoms with E-state index in [0.717, 1.165) is 39.1 Å². The van der Waals surface area contributed by atoms with Crippen molar-refractivity contribution in [1.82, 2.24) is 9.80 Å². The van der Waals surface area contributed by atoms with Gasteiger partial charge in [0.05, 0.1) is 5.56 Å². The Kier molecular flexibility index (Phi) is 4.66. The minimum Gasteiger partial charge on any atom is -0.398 e. The van der Waals surface area contributed by atoms with E-state index >= 15 is 0 Å². The summed E-state index contributed by atoms with van der Waals surface area (Å²) in [5.74, 6) is 0.00492. The largest absolute Gasteiger partial charge is 0.398 e. The highest BCUT2D eigenvalue weighted by Crippen LogP contribution is 2.20. The molecule has 0 saturated carbocycles. The van der Waals surface area contributed by atoms with E-state index in [9.17, 15) is 4.79 Å². The average molecular weight is 282 g/mol. The van der Waals surface area contributed by atoms with Crippen LogP contribution < -0.4 is 5.73 Å². The van der Waals surface area contributed by atoms with Crippen molar-refractivity contribution in [2.24, 2.45) is 0 Å². The lowest BCUT2D eigenvalue weighted by atomic mass is 10.1. The minimum absolute atomic E-state index is 0.00492. The first kappa shape index (κ1) is 14.2. The maximum Gasteiger partial charge on any atom is 0.256 e. The van der Waals surface area contributed by atoms with Crippen LogP contribution in [-0.2, 0) is 0 Å². The lowest BCUT2D eigenvalue weighted by molar-refractivity contribution is 0.0638. The van der Waals surface area contributed by atoms with E-state index < -0.39 is 0 Å². The molecule has 1 aliphatic heterocycles. The number of carbonyl (C=O) groups excluding carboxylic acids is 1. The summed E-state index contributed by atoms with van der Waals surface area (Å²) in [4.78, 5) is 16.6. The van der Waals surface area contributed by atoms with Crippen LogP contribution in [0.4, 0.5) is 5.69 Å². The van der Waals surface area contributed by atoms with Crippen LogP contribution in [0.5, 0.6) is 0 Å². The van der Waals surface area contributed by atoms with E-state index in [1.54, 1.807) is 18.2 Å². The highest BCUT2D eigenvalue weighted by molar-refractivity contribution is 6.31. The number of nitrogen functional groups attached to an aromatic ring is 1. The van der Waals surface area contributed by atoms with Gasteiger partial charge in [0.15, 0.2) is 0 Å². The Balaban J connectivity index is 2.01. The Morgan fingerprint density at radius 1 is 1.32 bits per heavy atom. The van der Waals surface area contributed by atoms with Crippen molar-refractivity contribution in [3.8, 4) is 0 Å². The first-order valence-electron chi connectivity index (χ1n) is 6.68. The van der Waals surface area contributed by atoms with Crippen molar-refractivity contribution in [2.45, 2.75) is 13.3 Å². The summed E-state index contributed by atoms with van der Waals surface area (Å²) in [6.45, 7) is 6.68. The van der Waals surface area contributed by atoms with Crippen LogP contribution in [0.2, 0.25) is 5.02 Å². The summed E-state index contributed by atoms with van der Waals surface area (Å²) < 4.78 is 0. The van der Waals surface area contributed by atoms with E-state index in [4.69, 9.17) is 17.3 Å². The number of amides is 1. The molecular formula is C14H20ClN3O. The molecule has 0 atom stereocenters. The van der Waals surface area contributed by atoms with E-state index in [1.165, 1.54) is 0 Å². The molecule has 0 unspecified atom stereocenters. The number of nitrogens with zero attached hydrogens (tertiary/aromatic N) is 2. The van der Waals surface area contributed by atoms with E-state index in [2.05, 4.69) is 11.8 Å². The number of nitrogens with two attached hydrogens (primary N) is 1. The molecular weight excluding hydrogens is 262 g/mol. The zero-order valence-corrected chi connectivity index (χ0v) is 12.0. The van der Waals surface area contributed by atoms with Crippen molar-refractivity contribution < 1.29 is 4.79 Å². The molecule has 2 rings (SSSR count). The molecule has 0 aliphatic carbocycles. The number of hydrogen-bond donors (Lipinski definition) is 1. The monoisotopic (exact) mass is 281 g/mol. The molecule has 0 spiro atoms. The van der Waals surface area contributed by atoms with Crippen LogP contribution in [0.15, 0.2) is 18.2 Å². The maximum absolute atomic E-state index is 12.4. The molecule has 1 heterocycles. The topological polar surface area (TPSA) is 49.6 Å². The number of anilines is 1. The second kappa shape index (κ2) is 6.26. The molecule has 0 radical (unpaired) electrons. The Bertz CT molecular complexity index is 456. The molecule has 0 aromatic heterocycles. The molecule has 1 saturated heterocycles. The zero-order valence-electron chi connectivity index (χ0n) is 11.2. The first-order valence-corrected chi connectivity index (χ1v) is 7.06. The zero-order chi connectivity index (χ0) is 13.8. The third-order valence-electron chi connectivity index (χ3n) is 3.44. The second-order valence-corrected chi connectivity index (χ2v) is 5.30. The summed E-state index contributed by atoms with van der Waals surface area (Å²) in [6, 6.07) is 5.04. The fourth-order valence-corrected chi connectivity index (χ4v) is 2.57. The maximum atomic E-state index is 12.4. The van der Waals surface area contributed by atoms with E-state index in [0.29, 0.717) is 16.3 Å². The standard InChI is InChI=1S/C14H20ClN3O/c1-2-5-17-6-8-18(9-7-17)14(19)12-4-3-11(15)10-13(12)16/h3-4,10H,2,5-9,16H2,1H3. The number of halogens is 1. The molecule has 5 heteroatoms. The predicted octanol–water partition coefficient (Wildman–Crippen LogP) is 2.09. The lowest BCUT2D eigenvalue weighted by Gasteiger charge is -2.34. The summed E-state index contributed by atoms with van der Waals surface area (Å²) in [6.07, 6.45) is 1.15. The van der Waals surface area contributed by atoms with Gasteiger partial charge in [-0.1, -0.05) is 18.5 Å². The van der Waals surface area contributed by atoms with Gasteiger partial charge in [0.1, 0.15) is 0 Å². The molecule has 1 fully saturated rings. The van der Waals surface area contributed by atoms with Gasteiger partial charge in [0.25, 0.3) is 5.91 Å². The van der Waals surface area contributed by atoms with Crippen molar-refractivity contribution in [1.29, 1.82) is 0 Å². The quantitative estimate of drug-likeness (QED) is 0.863. The van der Waals surface area contributed by atoms with Gasteiger partial charge in [0, 0.05) is 36.9 Å². The third-order valence-corrected chi connectivity index (χ3v) is 3.68. The summed E-state index contributed by atoms with van der Waals surface area (Å²) in [5.41, 5.74) is 6.86. The van der Waals surface area contributed by atoms with Gasteiger partial charge in [-0.25, -0.2) is 0 Å². The molecule has 0 bridgehead atoms. The average Bonchev–Trinajstić information content (AvgIpc) is 2.39. The molecule has 1 aliphatic rings. The molecule has 1 aromatic rings. The van der Waals surface area contributed by atoms with E-state index in [1.807, 2.05) is 4.90 Å². The minimum atomic E-state index is 0.00492. The van der Waals surface area contributed by atoms with Crippen molar-refractivity contribution >= 4 is 23.2 Å². The van der Waals surface area contributed by atoms with Crippen LogP contribution in [-0.4, -0.2) is 48.4 Å². The molecule has 1 amide bonds. The number of hydrogen-bond acceptors (Lipinski definition) is 3. The lowest BCUT2D eigenvalue weighted by Crippen LogP contribution is -2.48. The number of carbonyl (C=O) groups is 1. The Morgan fingerprint density at radius 2 is 2.00 bits per heavy atom. The third kappa shape index (κ3) is 3.39. The fraction of sp³-hybridized carbons (Fsp3) is 0.500. The smallest absolute Gasteiger partial charge is 0.256 e. The Morgan fingerprint density at radius 3 is 2.58 bits per heavy atom. The van der Waals surface area contributed by atoms with Crippen LogP contribution in [0.3, 0.4) is 0 Å². The van der Waals surface area contributed by atoms with Gasteiger partial charge in [-0.2, -0.15) is 0 Å². The summed E-state index contributed by atoms with van der Waals surface area (Å²) in [7, 11) is 0. The highest BCUT2D eigenvalue weighted by Gasteiger charge is 2.22. The van der Waals surface area contributed by atoms with Gasteiger partial charge in [-0.3, -0.25) is 9.69 Å². The van der Waals surface area contributed by atoms with Gasteiger partial charge < -0.3 is 10.6 Å². The summed E-state index contributed by atoms with van der Waals surface area (Å²) in [5, 5.41) is 0.557. The number of piperazine rings is 1. The summed E-state index contributed by atoms with van der Waals surface area (Å²) >= 11 is 5.85. The van der Waals surface area contributed by atoms with Gasteiger partial charge in [0.2, 0.25) is 0 Å². The first-order chi connectivity index (χ1) is 9.11. The van der Waals surface area contributed by atoms with Crippen molar-refractivity contribution in [3.05, 3.63) is 28.8 Å². The van der Waals surface area contributed by atoms with Crippen LogP contribution >= 0.6 is 11.6 Å². The highest BCUT2D eigenvalue weighted by atomic mass is 35.5. The molecule has 104 valence electrons. The van der Waals surface area contributed by atoms with Gasteiger partial charge >= 0.3 is 0 Å². The second-order valence-electron chi connectivity index (χ2n) is 4.87. The molecule has 2 N–H and O–H groups in total. The number of rotatable bonds is 3. The fourth-order valence-electron chi connectivity index (χ4n) is 2.39. The molecule has 1 aromatic carbocycles. The Labute approximate surface area is 119 Å². The van der Waals surface area contributed by atoms with Crippen LogP contribution in [0, 0.1) is 0 Å². The normalized spacial score (nSPS) is 16.6. The number of benzene rings is 1. The molecule has 19 heavy (non-hydrogen) atoms. The van der Waals surface area contributed by atoms with Gasteiger partial charge in [-0.15, -0.1) is 0 Å². The van der Waals surface area contributed by atoms with Crippen LogP contribution in [0.1, 0.15) is 23.7 Å². The van der Waals surface area contributed by atoms with Crippen LogP contribution in [0.25, 0.3) is 0 Å². The van der Waals surface area contributed by atoms with Crippen molar-refractivity contribution in [3.63, 3.8) is 0 Å². The molecule has 4 nitrogen and oxygen atoms in total. The van der Waals surface area contributed by atoms with E-state index in [-0.39, 0.29) is 5.91 Å². The SMILES string of the molecule is CCCN1CCN(C(=O)c2ccc(Cl)cc2N)CC1. The van der Waals surface area contributed by atoms with Gasteiger partial charge in [-0.05, 0) is 31.2 Å². The van der Waals surface area contributed by atoms with Crippen molar-refractivity contribution in [2.75, 3.05) is 38.5 Å². The predicted molar refractivity (Wildman–Crippen MR) is 78.5 cm³/mol. The Hall–Kier alpha value is -1.26.